The summed E-state index contributed by atoms with van der Waals surface area (Å²) in [6.07, 6.45) is 9.57. The van der Waals surface area contributed by atoms with Gasteiger partial charge in [-0.25, -0.2) is 0 Å². The van der Waals surface area contributed by atoms with Crippen LogP contribution in [0.4, 0.5) is 0 Å². The lowest BCUT2D eigenvalue weighted by Gasteiger charge is -2.37. The molecule has 2 aliphatic rings. The zero-order valence-electron chi connectivity index (χ0n) is 12.2. The average molecular weight is 267 g/mol. The molecule has 0 aromatic carbocycles. The minimum absolute atomic E-state index is 0.147. The molecule has 0 radical (unpaired) electrons. The second-order valence-corrected chi connectivity index (χ2v) is 6.43. The van der Waals surface area contributed by atoms with Gasteiger partial charge in [-0.05, 0) is 51.5 Å². The molecule has 1 aliphatic heterocycles. The van der Waals surface area contributed by atoms with E-state index in [1.807, 2.05) is 6.92 Å². The predicted octanol–water partition coefficient (Wildman–Crippen LogP) is 1.54. The summed E-state index contributed by atoms with van der Waals surface area (Å²) in [5.74, 6) is 0.725. The van der Waals surface area contributed by atoms with Crippen LogP contribution >= 0.6 is 0 Å². The average Bonchev–Trinajstić information content (AvgIpc) is 2.46. The molecular weight excluding hydrogens is 238 g/mol. The maximum atomic E-state index is 12.5. The van der Waals surface area contributed by atoms with Crippen molar-refractivity contribution in [2.24, 2.45) is 11.7 Å². The predicted molar refractivity (Wildman–Crippen MR) is 77.8 cm³/mol. The Morgan fingerprint density at radius 3 is 2.63 bits per heavy atom. The van der Waals surface area contributed by atoms with Crippen molar-refractivity contribution in [1.29, 1.82) is 0 Å². The van der Waals surface area contributed by atoms with Gasteiger partial charge in [0.25, 0.3) is 0 Å². The zero-order valence-corrected chi connectivity index (χ0v) is 12.2. The third kappa shape index (κ3) is 3.69. The van der Waals surface area contributed by atoms with E-state index in [2.05, 4.69) is 10.6 Å². The van der Waals surface area contributed by atoms with E-state index >= 15 is 0 Å². The molecule has 0 aromatic heterocycles. The van der Waals surface area contributed by atoms with E-state index < -0.39 is 0 Å². The van der Waals surface area contributed by atoms with Crippen LogP contribution in [0.25, 0.3) is 0 Å². The van der Waals surface area contributed by atoms with Crippen LogP contribution in [0.3, 0.4) is 0 Å². The van der Waals surface area contributed by atoms with Gasteiger partial charge in [-0.2, -0.15) is 0 Å². The second kappa shape index (κ2) is 6.71. The van der Waals surface area contributed by atoms with E-state index in [4.69, 9.17) is 5.73 Å². The Hall–Kier alpha value is -0.610. The first-order valence-corrected chi connectivity index (χ1v) is 7.92. The van der Waals surface area contributed by atoms with Gasteiger partial charge in [0, 0.05) is 12.6 Å². The van der Waals surface area contributed by atoms with Crippen molar-refractivity contribution < 1.29 is 4.79 Å². The third-order valence-electron chi connectivity index (χ3n) is 4.91. The van der Waals surface area contributed by atoms with Gasteiger partial charge in [0.15, 0.2) is 0 Å². The largest absolute Gasteiger partial charge is 0.350 e. The van der Waals surface area contributed by atoms with E-state index in [0.29, 0.717) is 12.5 Å². The van der Waals surface area contributed by atoms with E-state index in [1.165, 1.54) is 38.5 Å². The Morgan fingerprint density at radius 2 is 2.05 bits per heavy atom. The highest BCUT2D eigenvalue weighted by atomic mass is 16.2. The van der Waals surface area contributed by atoms with Crippen LogP contribution in [0.5, 0.6) is 0 Å². The standard InChI is InChI=1S/C15H29N3O/c1-15(9-5-6-10-17-15)14(19)18-13(11-16)12-7-3-2-4-8-12/h12-13,17H,2-11,16H2,1H3,(H,18,19). The Kier molecular flexibility index (Phi) is 5.22. The highest BCUT2D eigenvalue weighted by Gasteiger charge is 2.36. The van der Waals surface area contributed by atoms with Crippen LogP contribution in [0.1, 0.15) is 58.3 Å². The highest BCUT2D eigenvalue weighted by Crippen LogP contribution is 2.27. The smallest absolute Gasteiger partial charge is 0.240 e. The minimum Gasteiger partial charge on any atom is -0.350 e. The first-order valence-electron chi connectivity index (χ1n) is 7.92. The first kappa shape index (κ1) is 14.8. The summed E-state index contributed by atoms with van der Waals surface area (Å²) in [6.45, 7) is 3.53. The van der Waals surface area contributed by atoms with E-state index in [9.17, 15) is 4.79 Å². The number of carbonyl (C=O) groups excluding carboxylic acids is 1. The summed E-state index contributed by atoms with van der Waals surface area (Å²) in [7, 11) is 0. The Morgan fingerprint density at radius 1 is 1.32 bits per heavy atom. The molecule has 19 heavy (non-hydrogen) atoms. The molecule has 1 saturated heterocycles. The van der Waals surface area contributed by atoms with Gasteiger partial charge < -0.3 is 16.4 Å². The maximum Gasteiger partial charge on any atom is 0.240 e. The lowest BCUT2D eigenvalue weighted by molar-refractivity contribution is -0.129. The van der Waals surface area contributed by atoms with Crippen LogP contribution in [0.15, 0.2) is 0 Å². The topological polar surface area (TPSA) is 67.2 Å². The Balaban J connectivity index is 1.91. The number of nitrogens with two attached hydrogens (primary N) is 1. The van der Waals surface area contributed by atoms with Crippen LogP contribution < -0.4 is 16.4 Å². The SMILES string of the molecule is CC1(C(=O)NC(CN)C2CCCCC2)CCCCN1. The number of rotatable bonds is 4. The lowest BCUT2D eigenvalue weighted by atomic mass is 9.83. The quantitative estimate of drug-likeness (QED) is 0.724. The Bertz CT molecular complexity index is 294. The number of hydrogen-bond acceptors (Lipinski definition) is 3. The van der Waals surface area contributed by atoms with Crippen molar-refractivity contribution in [3.8, 4) is 0 Å². The fraction of sp³-hybridized carbons (Fsp3) is 0.933. The molecule has 0 spiro atoms. The van der Waals surface area contributed by atoms with E-state index in [-0.39, 0.29) is 17.5 Å². The molecule has 1 aliphatic carbocycles. The van der Waals surface area contributed by atoms with Crippen molar-refractivity contribution in [2.75, 3.05) is 13.1 Å². The van der Waals surface area contributed by atoms with Gasteiger partial charge in [-0.1, -0.05) is 19.3 Å². The van der Waals surface area contributed by atoms with Crippen molar-refractivity contribution in [1.82, 2.24) is 10.6 Å². The molecule has 2 fully saturated rings. The van der Waals surface area contributed by atoms with Crippen molar-refractivity contribution in [3.05, 3.63) is 0 Å². The molecule has 2 atom stereocenters. The summed E-state index contributed by atoms with van der Waals surface area (Å²) in [5.41, 5.74) is 5.50. The molecule has 0 bridgehead atoms. The number of nitrogens with one attached hydrogen (secondary N) is 2. The summed E-state index contributed by atoms with van der Waals surface area (Å²) in [4.78, 5) is 12.5. The van der Waals surface area contributed by atoms with E-state index in [0.717, 1.165) is 19.4 Å². The van der Waals surface area contributed by atoms with Crippen LogP contribution in [0.2, 0.25) is 0 Å². The summed E-state index contributed by atoms with van der Waals surface area (Å²) < 4.78 is 0. The molecule has 2 rings (SSSR count). The van der Waals surface area contributed by atoms with Crippen molar-refractivity contribution in [3.63, 3.8) is 0 Å². The molecule has 4 nitrogen and oxygen atoms in total. The van der Waals surface area contributed by atoms with Gasteiger partial charge in [-0.15, -0.1) is 0 Å². The van der Waals surface area contributed by atoms with Crippen molar-refractivity contribution in [2.45, 2.75) is 69.9 Å². The molecule has 1 saturated carbocycles. The highest BCUT2D eigenvalue weighted by molar-refractivity contribution is 5.86. The van der Waals surface area contributed by atoms with Crippen LogP contribution in [-0.2, 0) is 4.79 Å². The first-order chi connectivity index (χ1) is 9.15. The van der Waals surface area contributed by atoms with Gasteiger partial charge >= 0.3 is 0 Å². The molecule has 4 N–H and O–H groups in total. The molecule has 0 aromatic rings. The Labute approximate surface area is 116 Å². The number of hydrogen-bond donors (Lipinski definition) is 3. The monoisotopic (exact) mass is 267 g/mol. The van der Waals surface area contributed by atoms with Crippen LogP contribution in [-0.4, -0.2) is 30.6 Å². The third-order valence-corrected chi connectivity index (χ3v) is 4.91. The maximum absolute atomic E-state index is 12.5. The van der Waals surface area contributed by atoms with Gasteiger partial charge in [0.1, 0.15) is 0 Å². The van der Waals surface area contributed by atoms with Crippen molar-refractivity contribution >= 4 is 5.91 Å². The van der Waals surface area contributed by atoms with Gasteiger partial charge in [-0.3, -0.25) is 4.79 Å². The molecule has 4 heteroatoms. The van der Waals surface area contributed by atoms with Gasteiger partial charge in [0.05, 0.1) is 5.54 Å². The number of carbonyl (C=O) groups is 1. The second-order valence-electron chi connectivity index (χ2n) is 6.43. The molecule has 1 heterocycles. The number of piperidine rings is 1. The normalized spacial score (nSPS) is 30.8. The van der Waals surface area contributed by atoms with E-state index in [1.54, 1.807) is 0 Å². The summed E-state index contributed by atoms with van der Waals surface area (Å²) in [6, 6.07) is 0.161. The molecule has 1 amide bonds. The zero-order chi connectivity index (χ0) is 13.7. The number of amides is 1. The summed E-state index contributed by atoms with van der Waals surface area (Å²) in [5, 5.41) is 6.59. The fourth-order valence-corrected chi connectivity index (χ4v) is 3.48. The molecule has 2 unspecified atom stereocenters. The molecule has 110 valence electrons. The minimum atomic E-state index is -0.389. The van der Waals surface area contributed by atoms with Gasteiger partial charge in [0.2, 0.25) is 5.91 Å². The molecular formula is C15H29N3O. The fourth-order valence-electron chi connectivity index (χ4n) is 3.48. The summed E-state index contributed by atoms with van der Waals surface area (Å²) >= 11 is 0. The lowest BCUT2D eigenvalue weighted by Crippen LogP contribution is -2.60. The van der Waals surface area contributed by atoms with Crippen LogP contribution in [0, 0.1) is 5.92 Å².